The smallest absolute Gasteiger partial charge is 0.423 e. The fraction of sp³-hybridized carbons (Fsp3) is 0. The maximum absolute atomic E-state index is 9.69. The first kappa shape index (κ1) is 16.8. The van der Waals surface area contributed by atoms with Crippen LogP contribution in [0.1, 0.15) is 0 Å². The van der Waals surface area contributed by atoms with Crippen molar-refractivity contribution in [3.8, 4) is 11.1 Å². The van der Waals surface area contributed by atoms with Crippen LogP contribution in [0.25, 0.3) is 32.7 Å². The minimum Gasteiger partial charge on any atom is -0.423 e. The lowest BCUT2D eigenvalue weighted by Crippen LogP contribution is -2.30. The van der Waals surface area contributed by atoms with E-state index in [1.165, 1.54) is 0 Å². The Morgan fingerprint density at radius 2 is 0.885 bits per heavy atom. The summed E-state index contributed by atoms with van der Waals surface area (Å²) in [6, 6.07) is 22.4. The van der Waals surface area contributed by atoms with Crippen LogP contribution in [0, 0.1) is 0 Å². The standard InChI is InChI=1S/C20H16B2O4/c23-21(24)15-9-13-5-1-3-7-17(13)19(11-15)20-12-16(22(25)26)10-14-6-2-4-8-18(14)20/h1-12,23-26H. The Balaban J connectivity index is 2.12. The molecule has 4 nitrogen and oxygen atoms in total. The van der Waals surface area contributed by atoms with Gasteiger partial charge in [0.15, 0.2) is 0 Å². The summed E-state index contributed by atoms with van der Waals surface area (Å²) in [5.41, 5.74) is 2.39. The van der Waals surface area contributed by atoms with E-state index in [9.17, 15) is 20.1 Å². The molecule has 26 heavy (non-hydrogen) atoms. The molecule has 0 aliphatic rings. The second-order valence-electron chi connectivity index (χ2n) is 6.33. The largest absolute Gasteiger partial charge is 0.488 e. The van der Waals surface area contributed by atoms with E-state index in [4.69, 9.17) is 0 Å². The first-order valence-corrected chi connectivity index (χ1v) is 8.32. The maximum Gasteiger partial charge on any atom is 0.488 e. The van der Waals surface area contributed by atoms with Crippen LogP contribution in [0.15, 0.2) is 72.8 Å². The lowest BCUT2D eigenvalue weighted by molar-refractivity contribution is 0.424. The minimum atomic E-state index is -1.59. The third kappa shape index (κ3) is 2.89. The molecule has 6 heteroatoms. The number of hydrogen-bond donors (Lipinski definition) is 4. The quantitative estimate of drug-likeness (QED) is 0.419. The molecule has 0 aromatic heterocycles. The summed E-state index contributed by atoms with van der Waals surface area (Å²) in [6.45, 7) is 0. The van der Waals surface area contributed by atoms with Gasteiger partial charge in [-0.1, -0.05) is 72.8 Å². The fourth-order valence-corrected chi connectivity index (χ4v) is 3.41. The van der Waals surface area contributed by atoms with Crippen LogP contribution in [0.3, 0.4) is 0 Å². The summed E-state index contributed by atoms with van der Waals surface area (Å²) in [5, 5.41) is 42.4. The highest BCUT2D eigenvalue weighted by atomic mass is 16.4. The SMILES string of the molecule is OB(O)c1cc(-c2cc(B(O)O)cc3ccccc23)c2ccccc2c1. The van der Waals surface area contributed by atoms with Crippen molar-refractivity contribution in [3.05, 3.63) is 72.8 Å². The Labute approximate surface area is 151 Å². The van der Waals surface area contributed by atoms with Gasteiger partial charge in [0, 0.05) is 0 Å². The molecule has 126 valence electrons. The van der Waals surface area contributed by atoms with Crippen LogP contribution in [-0.2, 0) is 0 Å². The predicted octanol–water partition coefficient (Wildman–Crippen LogP) is 1.02. The number of fused-ring (bicyclic) bond motifs is 2. The van der Waals surface area contributed by atoms with Gasteiger partial charge in [0.1, 0.15) is 0 Å². The molecular formula is C20H16B2O4. The monoisotopic (exact) mass is 342 g/mol. The predicted molar refractivity (Wildman–Crippen MR) is 107 cm³/mol. The molecule has 0 amide bonds. The second kappa shape index (κ2) is 6.59. The van der Waals surface area contributed by atoms with E-state index < -0.39 is 14.2 Å². The van der Waals surface area contributed by atoms with E-state index in [0.29, 0.717) is 10.9 Å². The normalized spacial score (nSPS) is 11.1. The summed E-state index contributed by atoms with van der Waals surface area (Å²) in [5.74, 6) is 0. The molecule has 4 aromatic rings. The van der Waals surface area contributed by atoms with Gasteiger partial charge < -0.3 is 20.1 Å². The zero-order chi connectivity index (χ0) is 18.3. The molecule has 0 saturated heterocycles. The van der Waals surface area contributed by atoms with E-state index in [2.05, 4.69) is 0 Å². The first-order chi connectivity index (χ1) is 12.5. The first-order valence-electron chi connectivity index (χ1n) is 8.32. The highest BCUT2D eigenvalue weighted by Crippen LogP contribution is 2.33. The number of benzene rings is 4. The van der Waals surface area contributed by atoms with Gasteiger partial charge in [0.25, 0.3) is 0 Å². The van der Waals surface area contributed by atoms with Crippen molar-refractivity contribution in [2.24, 2.45) is 0 Å². The molecule has 4 N–H and O–H groups in total. The molecule has 0 aliphatic carbocycles. The molecule has 4 aromatic carbocycles. The van der Waals surface area contributed by atoms with Crippen LogP contribution in [-0.4, -0.2) is 34.3 Å². The molecule has 0 radical (unpaired) electrons. The van der Waals surface area contributed by atoms with Gasteiger partial charge in [-0.15, -0.1) is 0 Å². The summed E-state index contributed by atoms with van der Waals surface area (Å²) < 4.78 is 0. The van der Waals surface area contributed by atoms with Gasteiger partial charge in [-0.2, -0.15) is 0 Å². The van der Waals surface area contributed by atoms with Crippen molar-refractivity contribution in [1.29, 1.82) is 0 Å². The zero-order valence-corrected chi connectivity index (χ0v) is 13.9. The lowest BCUT2D eigenvalue weighted by Gasteiger charge is -2.15. The average Bonchev–Trinajstić information content (AvgIpc) is 2.66. The molecule has 0 heterocycles. The average molecular weight is 342 g/mol. The van der Waals surface area contributed by atoms with Crippen LogP contribution in [0.4, 0.5) is 0 Å². The van der Waals surface area contributed by atoms with Crippen LogP contribution in [0.2, 0.25) is 0 Å². The molecule has 0 fully saturated rings. The van der Waals surface area contributed by atoms with E-state index >= 15 is 0 Å². The van der Waals surface area contributed by atoms with Crippen LogP contribution in [0.5, 0.6) is 0 Å². The number of rotatable bonds is 3. The molecule has 0 unspecified atom stereocenters. The lowest BCUT2D eigenvalue weighted by atomic mass is 9.75. The van der Waals surface area contributed by atoms with E-state index in [1.54, 1.807) is 24.3 Å². The highest BCUT2D eigenvalue weighted by Gasteiger charge is 2.19. The second-order valence-corrected chi connectivity index (χ2v) is 6.33. The molecule has 0 saturated carbocycles. The van der Waals surface area contributed by atoms with Crippen molar-refractivity contribution >= 4 is 46.7 Å². The zero-order valence-electron chi connectivity index (χ0n) is 13.9. The third-order valence-corrected chi connectivity index (χ3v) is 4.65. The van der Waals surface area contributed by atoms with Crippen molar-refractivity contribution in [2.75, 3.05) is 0 Å². The molecular weight excluding hydrogens is 326 g/mol. The summed E-state index contributed by atoms with van der Waals surface area (Å²) in [6.07, 6.45) is 0. The maximum atomic E-state index is 9.69. The van der Waals surface area contributed by atoms with Crippen LogP contribution >= 0.6 is 0 Å². The van der Waals surface area contributed by atoms with E-state index in [0.717, 1.165) is 32.7 Å². The molecule has 0 atom stereocenters. The van der Waals surface area contributed by atoms with E-state index in [1.807, 2.05) is 48.5 Å². The fourth-order valence-electron chi connectivity index (χ4n) is 3.41. The Morgan fingerprint density at radius 3 is 1.27 bits per heavy atom. The minimum absolute atomic E-state index is 0.387. The Kier molecular flexibility index (Phi) is 4.26. The van der Waals surface area contributed by atoms with Crippen molar-refractivity contribution in [2.45, 2.75) is 0 Å². The van der Waals surface area contributed by atoms with Crippen molar-refractivity contribution in [1.82, 2.24) is 0 Å². The van der Waals surface area contributed by atoms with Gasteiger partial charge in [-0.25, -0.2) is 0 Å². The van der Waals surface area contributed by atoms with Gasteiger partial charge >= 0.3 is 14.2 Å². The summed E-state index contributed by atoms with van der Waals surface area (Å²) in [7, 11) is -3.17. The van der Waals surface area contributed by atoms with Crippen LogP contribution < -0.4 is 10.9 Å². The summed E-state index contributed by atoms with van der Waals surface area (Å²) >= 11 is 0. The molecule has 4 rings (SSSR count). The van der Waals surface area contributed by atoms with Crippen molar-refractivity contribution < 1.29 is 20.1 Å². The van der Waals surface area contributed by atoms with Gasteiger partial charge in [0.2, 0.25) is 0 Å². The van der Waals surface area contributed by atoms with Gasteiger partial charge in [-0.05, 0) is 43.6 Å². The Morgan fingerprint density at radius 1 is 0.500 bits per heavy atom. The van der Waals surface area contributed by atoms with Gasteiger partial charge in [0.05, 0.1) is 0 Å². The van der Waals surface area contributed by atoms with Crippen molar-refractivity contribution in [3.63, 3.8) is 0 Å². The molecule has 0 aliphatic heterocycles. The van der Waals surface area contributed by atoms with E-state index in [-0.39, 0.29) is 0 Å². The molecule has 0 bridgehead atoms. The number of hydrogen-bond acceptors (Lipinski definition) is 4. The Hall–Kier alpha value is -2.63. The highest BCUT2D eigenvalue weighted by molar-refractivity contribution is 6.60. The van der Waals surface area contributed by atoms with Gasteiger partial charge in [-0.3, -0.25) is 0 Å². The Bertz CT molecular complexity index is 1020. The molecule has 0 spiro atoms. The summed E-state index contributed by atoms with van der Waals surface area (Å²) in [4.78, 5) is 0. The third-order valence-electron chi connectivity index (χ3n) is 4.65. The topological polar surface area (TPSA) is 80.9 Å².